The standard InChI is InChI=1S/C27H31N3O4S/c1-15-9-10-16(2)18(13-15)29-25(33)23-27-12-11-20(35-27)21(24(32)28-3)22(27)26(34)30(23)19(14-31)17-7-5-4-6-8-17/h4-10,13,19-23,31H,11-12,14H2,1-3H3,(H,28,32)(H,29,33)/t19-,20+,21-,22+,23?,27?/m1/s1. The first kappa shape index (κ1) is 23.9. The van der Waals surface area contributed by atoms with Crippen LogP contribution in [0, 0.1) is 25.7 Å². The van der Waals surface area contributed by atoms with Gasteiger partial charge in [0.2, 0.25) is 17.7 Å². The fourth-order valence-electron chi connectivity index (χ4n) is 6.29. The van der Waals surface area contributed by atoms with Crippen LogP contribution in [0.5, 0.6) is 0 Å². The summed E-state index contributed by atoms with van der Waals surface area (Å²) in [6.07, 6.45) is 1.46. The maximum atomic E-state index is 14.1. The number of nitrogens with one attached hydrogen (secondary N) is 2. The number of fused-ring (bicyclic) bond motifs is 1. The van der Waals surface area contributed by atoms with Gasteiger partial charge in [-0.25, -0.2) is 0 Å². The first-order valence-corrected chi connectivity index (χ1v) is 13.0. The summed E-state index contributed by atoms with van der Waals surface area (Å²) in [4.78, 5) is 42.6. The van der Waals surface area contributed by atoms with Gasteiger partial charge in [0.05, 0.1) is 29.2 Å². The van der Waals surface area contributed by atoms with E-state index in [4.69, 9.17) is 0 Å². The van der Waals surface area contributed by atoms with E-state index < -0.39 is 28.7 Å². The normalized spacial score (nSPS) is 29.7. The van der Waals surface area contributed by atoms with Crippen molar-refractivity contribution < 1.29 is 19.5 Å². The van der Waals surface area contributed by atoms with Crippen LogP contribution in [0.25, 0.3) is 0 Å². The molecular formula is C27H31N3O4S. The number of carbonyl (C=O) groups excluding carboxylic acids is 3. The monoisotopic (exact) mass is 493 g/mol. The topological polar surface area (TPSA) is 98.7 Å². The number of anilines is 1. The van der Waals surface area contributed by atoms with Crippen LogP contribution >= 0.6 is 11.8 Å². The van der Waals surface area contributed by atoms with E-state index in [1.54, 1.807) is 23.7 Å². The third-order valence-electron chi connectivity index (χ3n) is 7.88. The maximum Gasteiger partial charge on any atom is 0.248 e. The van der Waals surface area contributed by atoms with E-state index in [2.05, 4.69) is 10.6 Å². The van der Waals surface area contributed by atoms with E-state index >= 15 is 0 Å². The predicted molar refractivity (Wildman–Crippen MR) is 136 cm³/mol. The van der Waals surface area contributed by atoms with Gasteiger partial charge in [0.1, 0.15) is 6.04 Å². The van der Waals surface area contributed by atoms with E-state index in [1.807, 2.05) is 62.4 Å². The van der Waals surface area contributed by atoms with Crippen LogP contribution in [0.1, 0.15) is 35.6 Å². The van der Waals surface area contributed by atoms with E-state index in [0.717, 1.165) is 23.1 Å². The number of nitrogens with zero attached hydrogens (tertiary/aromatic N) is 1. The summed E-state index contributed by atoms with van der Waals surface area (Å²) in [6, 6.07) is 13.7. The second kappa shape index (κ2) is 8.99. The van der Waals surface area contributed by atoms with E-state index in [0.29, 0.717) is 12.1 Å². The summed E-state index contributed by atoms with van der Waals surface area (Å²) >= 11 is 1.62. The molecule has 0 aromatic heterocycles. The molecule has 3 aliphatic rings. The molecule has 7 nitrogen and oxygen atoms in total. The van der Waals surface area contributed by atoms with Gasteiger partial charge in [-0.3, -0.25) is 14.4 Å². The number of thioether (sulfide) groups is 1. The first-order valence-electron chi connectivity index (χ1n) is 12.1. The van der Waals surface area contributed by atoms with Gasteiger partial charge >= 0.3 is 0 Å². The van der Waals surface area contributed by atoms with Gasteiger partial charge in [0.15, 0.2) is 0 Å². The van der Waals surface area contributed by atoms with Crippen molar-refractivity contribution in [3.8, 4) is 0 Å². The largest absolute Gasteiger partial charge is 0.394 e. The summed E-state index contributed by atoms with van der Waals surface area (Å²) in [7, 11) is 1.59. The highest BCUT2D eigenvalue weighted by molar-refractivity contribution is 8.02. The second-order valence-corrected chi connectivity index (χ2v) is 11.4. The number of aryl methyl sites for hydroxylation is 2. The summed E-state index contributed by atoms with van der Waals surface area (Å²) < 4.78 is -0.705. The molecule has 1 spiro atoms. The Hall–Kier alpha value is -2.84. The average Bonchev–Trinajstić information content (AvgIpc) is 3.50. The number of aliphatic hydroxyl groups excluding tert-OH is 1. The SMILES string of the molecule is CNC(=O)[C@@H]1[C@@H]2CCC3(S2)C(C(=O)Nc2cc(C)ccc2C)N([C@H](CO)c2ccccc2)C(=O)[C@H]13. The third-order valence-corrected chi connectivity index (χ3v) is 9.83. The van der Waals surface area contributed by atoms with E-state index in [1.165, 1.54) is 0 Å². The molecule has 0 radical (unpaired) electrons. The van der Waals surface area contributed by atoms with Crippen molar-refractivity contribution >= 4 is 35.2 Å². The molecule has 2 aromatic carbocycles. The molecule has 2 aromatic rings. The number of amides is 3. The predicted octanol–water partition coefficient (Wildman–Crippen LogP) is 2.81. The quantitative estimate of drug-likeness (QED) is 0.575. The van der Waals surface area contributed by atoms with Crippen LogP contribution in [0.4, 0.5) is 5.69 Å². The lowest BCUT2D eigenvalue weighted by Gasteiger charge is -2.37. The zero-order valence-electron chi connectivity index (χ0n) is 20.2. The summed E-state index contributed by atoms with van der Waals surface area (Å²) in [5.74, 6) is -1.73. The van der Waals surface area contributed by atoms with Gasteiger partial charge in [0.25, 0.3) is 0 Å². The minimum absolute atomic E-state index is 0.00589. The Labute approximate surface area is 209 Å². The number of rotatable bonds is 6. The molecule has 3 aliphatic heterocycles. The first-order chi connectivity index (χ1) is 16.8. The molecule has 184 valence electrons. The fourth-order valence-corrected chi connectivity index (χ4v) is 8.50. The molecular weight excluding hydrogens is 462 g/mol. The van der Waals surface area contributed by atoms with Crippen LogP contribution in [-0.4, -0.2) is 57.4 Å². The minimum Gasteiger partial charge on any atom is -0.394 e. The number of aliphatic hydroxyl groups is 1. The minimum atomic E-state index is -0.804. The van der Waals surface area contributed by atoms with Gasteiger partial charge < -0.3 is 20.6 Å². The van der Waals surface area contributed by atoms with Crippen molar-refractivity contribution in [2.24, 2.45) is 11.8 Å². The molecule has 2 unspecified atom stereocenters. The number of likely N-dealkylation sites (tertiary alicyclic amines) is 1. The smallest absolute Gasteiger partial charge is 0.248 e. The molecule has 35 heavy (non-hydrogen) atoms. The number of carbonyl (C=O) groups is 3. The van der Waals surface area contributed by atoms with Crippen LogP contribution in [0.15, 0.2) is 48.5 Å². The highest BCUT2D eigenvalue weighted by Crippen LogP contribution is 2.67. The lowest BCUT2D eigenvalue weighted by Crippen LogP contribution is -2.52. The van der Waals surface area contributed by atoms with Gasteiger partial charge in [-0.2, -0.15) is 0 Å². The van der Waals surface area contributed by atoms with Crippen LogP contribution in [0.2, 0.25) is 0 Å². The Kier molecular flexibility index (Phi) is 6.13. The molecule has 3 heterocycles. The Bertz CT molecular complexity index is 1170. The lowest BCUT2D eigenvalue weighted by molar-refractivity contribution is -0.142. The van der Waals surface area contributed by atoms with Crippen LogP contribution in [-0.2, 0) is 14.4 Å². The van der Waals surface area contributed by atoms with Gasteiger partial charge in [-0.05, 0) is 49.4 Å². The molecule has 8 heteroatoms. The Morgan fingerprint density at radius 3 is 2.60 bits per heavy atom. The number of benzene rings is 2. The maximum absolute atomic E-state index is 14.1. The highest BCUT2D eigenvalue weighted by atomic mass is 32.2. The second-order valence-electron chi connectivity index (χ2n) is 9.83. The number of hydrogen-bond acceptors (Lipinski definition) is 5. The number of hydrogen-bond donors (Lipinski definition) is 3. The van der Waals surface area contributed by atoms with E-state index in [9.17, 15) is 19.5 Å². The molecule has 3 N–H and O–H groups in total. The van der Waals surface area contributed by atoms with Gasteiger partial charge in [0, 0.05) is 18.0 Å². The average molecular weight is 494 g/mol. The molecule has 5 rings (SSSR count). The molecule has 3 amide bonds. The zero-order valence-corrected chi connectivity index (χ0v) is 21.0. The molecule has 3 saturated heterocycles. The van der Waals surface area contributed by atoms with Gasteiger partial charge in [-0.1, -0.05) is 42.5 Å². The van der Waals surface area contributed by atoms with Crippen molar-refractivity contribution in [3.63, 3.8) is 0 Å². The summed E-state index contributed by atoms with van der Waals surface area (Å²) in [5.41, 5.74) is 3.43. The van der Waals surface area contributed by atoms with Crippen LogP contribution in [0.3, 0.4) is 0 Å². The zero-order chi connectivity index (χ0) is 24.9. The molecule has 0 saturated carbocycles. The van der Waals surface area contributed by atoms with Crippen molar-refractivity contribution in [1.82, 2.24) is 10.2 Å². The van der Waals surface area contributed by atoms with E-state index in [-0.39, 0.29) is 29.6 Å². The molecule has 3 fully saturated rings. The summed E-state index contributed by atoms with van der Waals surface area (Å²) in [6.45, 7) is 3.59. The highest BCUT2D eigenvalue weighted by Gasteiger charge is 2.74. The van der Waals surface area contributed by atoms with Crippen molar-refractivity contribution in [2.75, 3.05) is 19.0 Å². The van der Waals surface area contributed by atoms with Crippen molar-refractivity contribution in [1.29, 1.82) is 0 Å². The third kappa shape index (κ3) is 3.65. The van der Waals surface area contributed by atoms with Crippen molar-refractivity contribution in [2.45, 2.75) is 48.8 Å². The van der Waals surface area contributed by atoms with Crippen LogP contribution < -0.4 is 10.6 Å². The molecule has 2 bridgehead atoms. The van der Waals surface area contributed by atoms with Gasteiger partial charge in [-0.15, -0.1) is 11.8 Å². The van der Waals surface area contributed by atoms with Crippen molar-refractivity contribution in [3.05, 3.63) is 65.2 Å². The molecule has 6 atom stereocenters. The fraction of sp³-hybridized carbons (Fsp3) is 0.444. The summed E-state index contributed by atoms with van der Waals surface area (Å²) in [5, 5.41) is 16.3. The Morgan fingerprint density at radius 1 is 1.17 bits per heavy atom. The Morgan fingerprint density at radius 2 is 1.91 bits per heavy atom. The Balaban J connectivity index is 1.60. The molecule has 0 aliphatic carbocycles. The lowest BCUT2D eigenvalue weighted by atomic mass is 9.70.